The van der Waals surface area contributed by atoms with Gasteiger partial charge in [-0.05, 0) is 30.0 Å². The smallest absolute Gasteiger partial charge is 0.165 e. The zero-order valence-corrected chi connectivity index (χ0v) is 11.7. The predicted octanol–water partition coefficient (Wildman–Crippen LogP) is 3.53. The van der Waals surface area contributed by atoms with Crippen molar-refractivity contribution in [3.8, 4) is 5.75 Å². The van der Waals surface area contributed by atoms with Crippen molar-refractivity contribution in [3.05, 3.63) is 23.8 Å². The normalized spacial score (nSPS) is 11.0. The molecule has 0 heterocycles. The summed E-state index contributed by atoms with van der Waals surface area (Å²) < 4.78 is 5.61. The number of hydrogen-bond acceptors (Lipinski definition) is 3. The first kappa shape index (κ1) is 14.6. The van der Waals surface area contributed by atoms with Crippen LogP contribution in [0.15, 0.2) is 18.2 Å². The molecule has 0 saturated heterocycles. The lowest BCUT2D eigenvalue weighted by molar-refractivity contribution is 0.0968. The molecule has 0 radical (unpaired) electrons. The molecule has 2 N–H and O–H groups in total. The Balaban J connectivity index is 2.84. The Labute approximate surface area is 109 Å². The van der Waals surface area contributed by atoms with E-state index >= 15 is 0 Å². The molecule has 100 valence electrons. The van der Waals surface area contributed by atoms with Crippen LogP contribution in [-0.2, 0) is 0 Å². The minimum Gasteiger partial charge on any atom is -0.493 e. The van der Waals surface area contributed by atoms with E-state index in [1.165, 1.54) is 0 Å². The van der Waals surface area contributed by atoms with E-state index in [4.69, 9.17) is 10.5 Å². The maximum absolute atomic E-state index is 12.0. The molecule has 0 spiro atoms. The molecule has 0 aliphatic heterocycles. The minimum absolute atomic E-state index is 0.0810. The molecule has 1 aromatic carbocycles. The molecule has 0 aromatic heterocycles. The van der Waals surface area contributed by atoms with Crippen molar-refractivity contribution in [3.63, 3.8) is 0 Å². The van der Waals surface area contributed by atoms with Crippen LogP contribution in [0.5, 0.6) is 5.75 Å². The molecule has 0 amide bonds. The average molecular weight is 249 g/mol. The summed E-state index contributed by atoms with van der Waals surface area (Å²) in [6.07, 6.45) is 0.512. The second-order valence-corrected chi connectivity index (χ2v) is 5.48. The van der Waals surface area contributed by atoms with Crippen LogP contribution < -0.4 is 10.5 Å². The summed E-state index contributed by atoms with van der Waals surface area (Å²) in [6, 6.07) is 5.30. The zero-order chi connectivity index (χ0) is 13.7. The van der Waals surface area contributed by atoms with E-state index in [1.54, 1.807) is 12.1 Å². The number of carbonyl (C=O) groups excluding carboxylic acids is 1. The van der Waals surface area contributed by atoms with Crippen LogP contribution in [0.2, 0.25) is 0 Å². The summed E-state index contributed by atoms with van der Waals surface area (Å²) in [5.74, 6) is 1.58. The molecule has 1 aromatic rings. The van der Waals surface area contributed by atoms with Crippen LogP contribution in [0.25, 0.3) is 0 Å². The number of nitrogen functional groups attached to an aromatic ring is 1. The quantitative estimate of drug-likeness (QED) is 0.619. The number of carbonyl (C=O) groups is 1. The highest BCUT2D eigenvalue weighted by atomic mass is 16.5. The Morgan fingerprint density at radius 2 is 1.89 bits per heavy atom. The highest BCUT2D eigenvalue weighted by Gasteiger charge is 2.13. The van der Waals surface area contributed by atoms with Crippen molar-refractivity contribution < 1.29 is 9.53 Å². The maximum Gasteiger partial charge on any atom is 0.165 e. The third-order valence-electron chi connectivity index (χ3n) is 2.50. The van der Waals surface area contributed by atoms with Gasteiger partial charge in [0.15, 0.2) is 5.78 Å². The van der Waals surface area contributed by atoms with E-state index in [1.807, 2.05) is 19.9 Å². The van der Waals surface area contributed by atoms with Crippen molar-refractivity contribution in [1.29, 1.82) is 0 Å². The fourth-order valence-electron chi connectivity index (χ4n) is 1.61. The molecule has 0 aliphatic carbocycles. The highest BCUT2D eigenvalue weighted by Crippen LogP contribution is 2.22. The molecular weight excluding hydrogens is 226 g/mol. The van der Waals surface area contributed by atoms with Gasteiger partial charge in [-0.2, -0.15) is 0 Å². The van der Waals surface area contributed by atoms with Gasteiger partial charge in [-0.25, -0.2) is 0 Å². The fraction of sp³-hybridized carbons (Fsp3) is 0.533. The molecule has 3 heteroatoms. The average Bonchev–Trinajstić information content (AvgIpc) is 2.26. The summed E-state index contributed by atoms with van der Waals surface area (Å²) in [5.41, 5.74) is 6.95. The molecule has 18 heavy (non-hydrogen) atoms. The molecule has 3 nitrogen and oxygen atoms in total. The van der Waals surface area contributed by atoms with Gasteiger partial charge in [0.05, 0.1) is 6.61 Å². The van der Waals surface area contributed by atoms with Crippen molar-refractivity contribution >= 4 is 11.5 Å². The first-order valence-corrected chi connectivity index (χ1v) is 6.45. The lowest BCUT2D eigenvalue weighted by Gasteiger charge is -2.12. The van der Waals surface area contributed by atoms with E-state index in [0.717, 1.165) is 0 Å². The number of benzene rings is 1. The standard InChI is InChI=1S/C15H23NO2/c1-10(2)7-15(17)13-8-12(5-6-14(13)16)18-9-11(3)4/h5-6,8,10-11H,7,9,16H2,1-4H3. The van der Waals surface area contributed by atoms with Gasteiger partial charge in [-0.1, -0.05) is 27.7 Å². The molecule has 0 fully saturated rings. The largest absolute Gasteiger partial charge is 0.493 e. The lowest BCUT2D eigenvalue weighted by Crippen LogP contribution is -2.09. The number of anilines is 1. The monoisotopic (exact) mass is 249 g/mol. The third kappa shape index (κ3) is 4.40. The van der Waals surface area contributed by atoms with Gasteiger partial charge in [0.25, 0.3) is 0 Å². The van der Waals surface area contributed by atoms with E-state index in [-0.39, 0.29) is 5.78 Å². The Bertz CT molecular complexity index is 411. The zero-order valence-electron chi connectivity index (χ0n) is 11.7. The van der Waals surface area contributed by atoms with Crippen molar-refractivity contribution in [2.45, 2.75) is 34.1 Å². The van der Waals surface area contributed by atoms with Crippen LogP contribution in [0.4, 0.5) is 5.69 Å². The second-order valence-electron chi connectivity index (χ2n) is 5.48. The molecule has 0 bridgehead atoms. The van der Waals surface area contributed by atoms with Crippen LogP contribution in [-0.4, -0.2) is 12.4 Å². The number of hydrogen-bond donors (Lipinski definition) is 1. The van der Waals surface area contributed by atoms with Crippen molar-refractivity contribution in [2.75, 3.05) is 12.3 Å². The molecule has 1 rings (SSSR count). The Morgan fingerprint density at radius 1 is 1.22 bits per heavy atom. The van der Waals surface area contributed by atoms with E-state index in [9.17, 15) is 4.79 Å². The van der Waals surface area contributed by atoms with Gasteiger partial charge in [-0.15, -0.1) is 0 Å². The van der Waals surface area contributed by atoms with Crippen molar-refractivity contribution in [2.24, 2.45) is 11.8 Å². The summed E-state index contributed by atoms with van der Waals surface area (Å²) in [4.78, 5) is 12.0. The van der Waals surface area contributed by atoms with Gasteiger partial charge < -0.3 is 10.5 Å². The SMILES string of the molecule is CC(C)COc1ccc(N)c(C(=O)CC(C)C)c1. The highest BCUT2D eigenvalue weighted by molar-refractivity contribution is 6.01. The molecule has 0 unspecified atom stereocenters. The Hall–Kier alpha value is -1.51. The topological polar surface area (TPSA) is 52.3 Å². The number of rotatable bonds is 6. The van der Waals surface area contributed by atoms with Gasteiger partial charge in [0.1, 0.15) is 5.75 Å². The number of ether oxygens (including phenoxy) is 1. The van der Waals surface area contributed by atoms with Gasteiger partial charge in [0.2, 0.25) is 0 Å². The second kappa shape index (κ2) is 6.43. The number of nitrogens with two attached hydrogens (primary N) is 1. The summed E-state index contributed by atoms with van der Waals surface area (Å²) in [7, 11) is 0. The minimum atomic E-state index is 0.0810. The van der Waals surface area contributed by atoms with Gasteiger partial charge in [-0.3, -0.25) is 4.79 Å². The Morgan fingerprint density at radius 3 is 2.44 bits per heavy atom. The molecule has 0 aliphatic rings. The van der Waals surface area contributed by atoms with Crippen LogP contribution >= 0.6 is 0 Å². The number of Topliss-reactive ketones (excluding diaryl/α,β-unsaturated/α-hetero) is 1. The van der Waals surface area contributed by atoms with Gasteiger partial charge in [0, 0.05) is 17.7 Å². The van der Waals surface area contributed by atoms with E-state index in [0.29, 0.717) is 41.9 Å². The summed E-state index contributed by atoms with van der Waals surface area (Å²) >= 11 is 0. The van der Waals surface area contributed by atoms with Gasteiger partial charge >= 0.3 is 0 Å². The van der Waals surface area contributed by atoms with Crippen LogP contribution in [0.1, 0.15) is 44.5 Å². The van der Waals surface area contributed by atoms with E-state index in [2.05, 4.69) is 13.8 Å². The lowest BCUT2D eigenvalue weighted by atomic mass is 10.00. The summed E-state index contributed by atoms with van der Waals surface area (Å²) in [5, 5.41) is 0. The third-order valence-corrected chi connectivity index (χ3v) is 2.50. The van der Waals surface area contributed by atoms with Crippen molar-refractivity contribution in [1.82, 2.24) is 0 Å². The first-order chi connectivity index (χ1) is 8.40. The molecule has 0 atom stereocenters. The Kier molecular flexibility index (Phi) is 5.20. The maximum atomic E-state index is 12.0. The first-order valence-electron chi connectivity index (χ1n) is 6.45. The summed E-state index contributed by atoms with van der Waals surface area (Å²) in [6.45, 7) is 8.85. The number of ketones is 1. The fourth-order valence-corrected chi connectivity index (χ4v) is 1.61. The van der Waals surface area contributed by atoms with Crippen LogP contribution in [0, 0.1) is 11.8 Å². The van der Waals surface area contributed by atoms with E-state index < -0.39 is 0 Å². The predicted molar refractivity (Wildman–Crippen MR) is 75.0 cm³/mol. The molecule has 0 saturated carbocycles. The van der Waals surface area contributed by atoms with Crippen LogP contribution in [0.3, 0.4) is 0 Å². The molecular formula is C15H23NO2.